The molecule has 0 radical (unpaired) electrons. The van der Waals surface area contributed by atoms with Crippen molar-refractivity contribution in [2.24, 2.45) is 0 Å². The number of sulfone groups is 1. The molecule has 5 nitrogen and oxygen atoms in total. The molecule has 17 heavy (non-hydrogen) atoms. The third kappa shape index (κ3) is 10.5. The summed E-state index contributed by atoms with van der Waals surface area (Å²) in [6.45, 7) is 6.97. The zero-order chi connectivity index (χ0) is 12.6. The lowest BCUT2D eigenvalue weighted by atomic mass is 10.3. The average molecular weight is 287 g/mol. The number of halogens is 1. The Morgan fingerprint density at radius 3 is 2.35 bits per heavy atom. The third-order valence-corrected chi connectivity index (χ3v) is 3.76. The van der Waals surface area contributed by atoms with Crippen LogP contribution in [0.25, 0.3) is 0 Å². The molecule has 0 saturated heterocycles. The molecule has 2 N–H and O–H groups in total. The summed E-state index contributed by atoms with van der Waals surface area (Å²) in [7, 11) is -3.22. The van der Waals surface area contributed by atoms with Crippen molar-refractivity contribution in [3.05, 3.63) is 0 Å². The van der Waals surface area contributed by atoms with Gasteiger partial charge in [0.25, 0.3) is 0 Å². The number of carbonyl (C=O) groups is 1. The van der Waals surface area contributed by atoms with Gasteiger partial charge in [0.2, 0.25) is 5.91 Å². The largest absolute Gasteiger partial charge is 0.354 e. The maximum atomic E-state index is 11.3. The number of likely N-dealkylation sites (N-methyl/N-ethyl adjacent to an activating group) is 1. The Balaban J connectivity index is 0. The van der Waals surface area contributed by atoms with Crippen molar-refractivity contribution >= 4 is 28.2 Å². The van der Waals surface area contributed by atoms with E-state index in [1.165, 1.54) is 0 Å². The molecule has 0 unspecified atom stereocenters. The van der Waals surface area contributed by atoms with Gasteiger partial charge >= 0.3 is 0 Å². The fourth-order valence-corrected chi connectivity index (χ4v) is 2.59. The Kier molecular flexibility index (Phi) is 10.8. The minimum atomic E-state index is -3.22. The lowest BCUT2D eigenvalue weighted by Gasteiger charge is -2.13. The van der Waals surface area contributed by atoms with Gasteiger partial charge < -0.3 is 10.6 Å². The number of nitrogens with one attached hydrogen (secondary N) is 2. The van der Waals surface area contributed by atoms with Gasteiger partial charge in [-0.25, -0.2) is 8.42 Å². The molecule has 0 aliphatic carbocycles. The van der Waals surface area contributed by atoms with Crippen molar-refractivity contribution in [1.82, 2.24) is 10.6 Å². The molecular weight excluding hydrogens is 264 g/mol. The van der Waals surface area contributed by atoms with E-state index in [0.717, 1.165) is 6.54 Å². The highest BCUT2D eigenvalue weighted by Gasteiger charge is 2.15. The Morgan fingerprint density at radius 1 is 1.29 bits per heavy atom. The molecule has 0 fully saturated rings. The molecule has 0 aliphatic heterocycles. The highest BCUT2D eigenvalue weighted by atomic mass is 35.5. The van der Waals surface area contributed by atoms with Crippen LogP contribution in [0, 0.1) is 0 Å². The van der Waals surface area contributed by atoms with Gasteiger partial charge in [0.05, 0.1) is 5.75 Å². The molecule has 0 aromatic rings. The van der Waals surface area contributed by atoms with Crippen molar-refractivity contribution < 1.29 is 13.2 Å². The van der Waals surface area contributed by atoms with E-state index in [4.69, 9.17) is 0 Å². The molecule has 0 spiro atoms. The van der Waals surface area contributed by atoms with Crippen LogP contribution in [0.15, 0.2) is 0 Å². The smallest absolute Gasteiger partial charge is 0.235 e. The van der Waals surface area contributed by atoms with Crippen LogP contribution in [0.4, 0.5) is 0 Å². The highest BCUT2D eigenvalue weighted by Crippen LogP contribution is 1.93. The van der Waals surface area contributed by atoms with Gasteiger partial charge in [-0.2, -0.15) is 0 Å². The normalized spacial score (nSPS) is 12.6. The first kappa shape index (κ1) is 19.0. The molecule has 1 amide bonds. The molecule has 1 atom stereocenters. The maximum Gasteiger partial charge on any atom is 0.235 e. The second-order valence-corrected chi connectivity index (χ2v) is 6.04. The van der Waals surface area contributed by atoms with E-state index >= 15 is 0 Å². The second kappa shape index (κ2) is 9.67. The molecule has 0 aromatic heterocycles. The van der Waals surface area contributed by atoms with Crippen LogP contribution >= 0.6 is 12.4 Å². The number of carbonyl (C=O) groups excluding carboxylic acids is 1. The number of rotatable bonds is 8. The Morgan fingerprint density at radius 2 is 1.88 bits per heavy atom. The molecule has 0 saturated carbocycles. The SMILES string of the molecule is CCCS(=O)(=O)CC(=O)NC[C@@H](C)NCC.Cl. The van der Waals surface area contributed by atoms with Gasteiger partial charge in [0, 0.05) is 12.6 Å². The monoisotopic (exact) mass is 286 g/mol. The topological polar surface area (TPSA) is 75.3 Å². The average Bonchev–Trinajstić information content (AvgIpc) is 2.14. The summed E-state index contributed by atoms with van der Waals surface area (Å²) < 4.78 is 22.7. The van der Waals surface area contributed by atoms with Crippen LogP contribution < -0.4 is 10.6 Å². The lowest BCUT2D eigenvalue weighted by Crippen LogP contribution is -2.41. The molecule has 0 bridgehead atoms. The van der Waals surface area contributed by atoms with Crippen molar-refractivity contribution in [3.8, 4) is 0 Å². The standard InChI is InChI=1S/C10H22N2O3S.ClH/c1-4-6-16(14,15)8-10(13)12-7-9(3)11-5-2;/h9,11H,4-8H2,1-3H3,(H,12,13);1H/t9-;/m1./s1. The predicted octanol–water partition coefficient (Wildman–Crippen LogP) is 0.347. The zero-order valence-electron chi connectivity index (χ0n) is 10.7. The van der Waals surface area contributed by atoms with E-state index < -0.39 is 21.5 Å². The van der Waals surface area contributed by atoms with Gasteiger partial charge in [0.1, 0.15) is 5.75 Å². The van der Waals surface area contributed by atoms with Gasteiger partial charge in [-0.3, -0.25) is 4.79 Å². The summed E-state index contributed by atoms with van der Waals surface area (Å²) in [4.78, 5) is 11.3. The minimum Gasteiger partial charge on any atom is -0.354 e. The lowest BCUT2D eigenvalue weighted by molar-refractivity contribution is -0.118. The van der Waals surface area contributed by atoms with Crippen LogP contribution in [0.2, 0.25) is 0 Å². The first-order chi connectivity index (χ1) is 7.41. The number of hydrogen-bond acceptors (Lipinski definition) is 4. The molecule has 0 heterocycles. The Bertz CT molecular complexity index is 307. The summed E-state index contributed by atoms with van der Waals surface area (Å²) in [5, 5.41) is 5.73. The summed E-state index contributed by atoms with van der Waals surface area (Å²) in [5.74, 6) is -0.749. The van der Waals surface area contributed by atoms with Crippen LogP contribution in [-0.2, 0) is 14.6 Å². The molecule has 0 aliphatic rings. The second-order valence-electron chi connectivity index (χ2n) is 3.85. The van der Waals surface area contributed by atoms with E-state index in [-0.39, 0.29) is 24.2 Å². The molecule has 104 valence electrons. The van der Waals surface area contributed by atoms with E-state index in [2.05, 4.69) is 10.6 Å². The predicted molar refractivity (Wildman–Crippen MR) is 72.3 cm³/mol. The number of amides is 1. The van der Waals surface area contributed by atoms with Crippen LogP contribution in [-0.4, -0.2) is 45.0 Å². The zero-order valence-corrected chi connectivity index (χ0v) is 12.3. The van der Waals surface area contributed by atoms with Gasteiger partial charge in [0.15, 0.2) is 9.84 Å². The molecule has 0 aromatic carbocycles. The van der Waals surface area contributed by atoms with Crippen LogP contribution in [0.3, 0.4) is 0 Å². The Hall–Kier alpha value is -0.330. The molecular formula is C10H23ClN2O3S. The Labute approximate surface area is 110 Å². The quantitative estimate of drug-likeness (QED) is 0.675. The van der Waals surface area contributed by atoms with Crippen molar-refractivity contribution in [2.45, 2.75) is 33.2 Å². The van der Waals surface area contributed by atoms with E-state index in [1.54, 1.807) is 6.92 Å². The summed E-state index contributed by atoms with van der Waals surface area (Å²) >= 11 is 0. The van der Waals surface area contributed by atoms with Crippen molar-refractivity contribution in [2.75, 3.05) is 24.6 Å². The van der Waals surface area contributed by atoms with Crippen molar-refractivity contribution in [3.63, 3.8) is 0 Å². The molecule has 0 rings (SSSR count). The van der Waals surface area contributed by atoms with Gasteiger partial charge in [-0.1, -0.05) is 13.8 Å². The highest BCUT2D eigenvalue weighted by molar-refractivity contribution is 7.92. The van der Waals surface area contributed by atoms with Crippen molar-refractivity contribution in [1.29, 1.82) is 0 Å². The number of hydrogen-bond donors (Lipinski definition) is 2. The fraction of sp³-hybridized carbons (Fsp3) is 0.900. The molecule has 7 heteroatoms. The third-order valence-electron chi connectivity index (χ3n) is 2.02. The first-order valence-electron chi connectivity index (χ1n) is 5.61. The van der Waals surface area contributed by atoms with E-state index in [9.17, 15) is 13.2 Å². The van der Waals surface area contributed by atoms with Gasteiger partial charge in [-0.05, 0) is 19.9 Å². The van der Waals surface area contributed by atoms with Gasteiger partial charge in [-0.15, -0.1) is 12.4 Å². The fourth-order valence-electron chi connectivity index (χ4n) is 1.32. The minimum absolute atomic E-state index is 0. The maximum absolute atomic E-state index is 11.3. The summed E-state index contributed by atoms with van der Waals surface area (Å²) in [6.07, 6.45) is 0.545. The van der Waals surface area contributed by atoms with E-state index in [0.29, 0.717) is 13.0 Å². The van der Waals surface area contributed by atoms with Crippen LogP contribution in [0.5, 0.6) is 0 Å². The first-order valence-corrected chi connectivity index (χ1v) is 7.44. The van der Waals surface area contributed by atoms with E-state index in [1.807, 2.05) is 13.8 Å². The van der Waals surface area contributed by atoms with Crippen LogP contribution in [0.1, 0.15) is 27.2 Å². The summed E-state index contributed by atoms with van der Waals surface area (Å²) in [6, 6.07) is 0.155. The summed E-state index contributed by atoms with van der Waals surface area (Å²) in [5.41, 5.74) is 0.